The highest BCUT2D eigenvalue weighted by Gasteiger charge is 2.23. The number of amides is 1. The molecule has 2 heterocycles. The minimum atomic E-state index is -0.339. The summed E-state index contributed by atoms with van der Waals surface area (Å²) < 4.78 is 16.3. The second kappa shape index (κ2) is 9.43. The summed E-state index contributed by atoms with van der Waals surface area (Å²) in [6.45, 7) is 4.33. The smallest absolute Gasteiger partial charge is 0.233 e. The van der Waals surface area contributed by atoms with Crippen molar-refractivity contribution in [1.29, 1.82) is 0 Å². The SMILES string of the molecule is C[C@@H]1CCCN(C(=O)CSc2nnc(-c3ccccc3F)n2Cc2ccccc2)C1. The second-order valence-corrected chi connectivity index (χ2v) is 8.68. The first-order chi connectivity index (χ1) is 14.6. The van der Waals surface area contributed by atoms with Gasteiger partial charge in [0.15, 0.2) is 11.0 Å². The summed E-state index contributed by atoms with van der Waals surface area (Å²) >= 11 is 1.37. The van der Waals surface area contributed by atoms with Gasteiger partial charge in [-0.25, -0.2) is 4.39 Å². The predicted octanol–water partition coefficient (Wildman–Crippen LogP) is 4.48. The van der Waals surface area contributed by atoms with E-state index in [4.69, 9.17) is 0 Å². The molecule has 7 heteroatoms. The Morgan fingerprint density at radius 2 is 1.90 bits per heavy atom. The molecule has 30 heavy (non-hydrogen) atoms. The zero-order valence-corrected chi connectivity index (χ0v) is 17.8. The van der Waals surface area contributed by atoms with Gasteiger partial charge >= 0.3 is 0 Å². The van der Waals surface area contributed by atoms with E-state index in [2.05, 4.69) is 17.1 Å². The molecule has 0 radical (unpaired) electrons. The van der Waals surface area contributed by atoms with Crippen molar-refractivity contribution in [3.63, 3.8) is 0 Å². The Bertz CT molecular complexity index is 1010. The minimum absolute atomic E-state index is 0.119. The van der Waals surface area contributed by atoms with Crippen LogP contribution in [-0.4, -0.2) is 44.4 Å². The van der Waals surface area contributed by atoms with E-state index in [-0.39, 0.29) is 11.7 Å². The Labute approximate surface area is 180 Å². The van der Waals surface area contributed by atoms with Crippen molar-refractivity contribution in [3.8, 4) is 11.4 Å². The number of rotatable bonds is 6. The summed E-state index contributed by atoms with van der Waals surface area (Å²) in [7, 11) is 0. The maximum atomic E-state index is 14.4. The molecule has 0 aliphatic carbocycles. The van der Waals surface area contributed by atoms with E-state index < -0.39 is 0 Å². The molecule has 1 atom stereocenters. The van der Waals surface area contributed by atoms with Crippen LogP contribution >= 0.6 is 11.8 Å². The summed E-state index contributed by atoms with van der Waals surface area (Å²) in [4.78, 5) is 14.6. The molecule has 0 N–H and O–H groups in total. The van der Waals surface area contributed by atoms with Gasteiger partial charge in [0.1, 0.15) is 5.82 Å². The fourth-order valence-electron chi connectivity index (χ4n) is 3.78. The van der Waals surface area contributed by atoms with Gasteiger partial charge in [-0.15, -0.1) is 10.2 Å². The van der Waals surface area contributed by atoms with Crippen molar-refractivity contribution >= 4 is 17.7 Å². The van der Waals surface area contributed by atoms with Crippen molar-refractivity contribution in [2.45, 2.75) is 31.5 Å². The number of thioether (sulfide) groups is 1. The minimum Gasteiger partial charge on any atom is -0.342 e. The highest BCUT2D eigenvalue weighted by molar-refractivity contribution is 7.99. The third-order valence-corrected chi connectivity index (χ3v) is 6.30. The first-order valence-corrected chi connectivity index (χ1v) is 11.2. The standard InChI is InChI=1S/C23H25FN4OS/c1-17-8-7-13-27(14-17)21(29)16-30-23-26-25-22(19-11-5-6-12-20(19)24)28(23)15-18-9-3-2-4-10-18/h2-6,9-12,17H,7-8,13-16H2,1H3/t17-/m1/s1. The predicted molar refractivity (Wildman–Crippen MR) is 117 cm³/mol. The van der Waals surface area contributed by atoms with E-state index in [9.17, 15) is 9.18 Å². The van der Waals surface area contributed by atoms with Gasteiger partial charge in [0, 0.05) is 13.1 Å². The number of likely N-dealkylation sites (tertiary alicyclic amines) is 1. The third kappa shape index (κ3) is 4.73. The molecule has 2 aromatic carbocycles. The highest BCUT2D eigenvalue weighted by Crippen LogP contribution is 2.27. The lowest BCUT2D eigenvalue weighted by Gasteiger charge is -2.30. The molecule has 1 amide bonds. The number of benzene rings is 2. The summed E-state index contributed by atoms with van der Waals surface area (Å²) in [5.74, 6) is 1.10. The fourth-order valence-corrected chi connectivity index (χ4v) is 4.62. The number of carbonyl (C=O) groups is 1. The van der Waals surface area contributed by atoms with Gasteiger partial charge in [0.2, 0.25) is 5.91 Å². The van der Waals surface area contributed by atoms with E-state index in [0.29, 0.717) is 34.8 Å². The third-order valence-electron chi connectivity index (χ3n) is 5.35. The van der Waals surface area contributed by atoms with Crippen LogP contribution in [0.15, 0.2) is 59.8 Å². The molecule has 1 aromatic heterocycles. The lowest BCUT2D eigenvalue weighted by atomic mass is 10.0. The van der Waals surface area contributed by atoms with Crippen LogP contribution in [0.2, 0.25) is 0 Å². The van der Waals surface area contributed by atoms with Crippen LogP contribution in [0.4, 0.5) is 4.39 Å². The molecule has 5 nitrogen and oxygen atoms in total. The van der Waals surface area contributed by atoms with Crippen molar-refractivity contribution in [3.05, 3.63) is 66.0 Å². The first-order valence-electron chi connectivity index (χ1n) is 10.2. The Balaban J connectivity index is 1.58. The quantitative estimate of drug-likeness (QED) is 0.548. The van der Waals surface area contributed by atoms with E-state index >= 15 is 0 Å². The van der Waals surface area contributed by atoms with Gasteiger partial charge in [0.25, 0.3) is 0 Å². The molecule has 4 rings (SSSR count). The molecule has 0 saturated carbocycles. The topological polar surface area (TPSA) is 51.0 Å². The van der Waals surface area contributed by atoms with E-state index in [0.717, 1.165) is 25.1 Å². The maximum Gasteiger partial charge on any atom is 0.233 e. The molecule has 1 fully saturated rings. The van der Waals surface area contributed by atoms with E-state index in [1.165, 1.54) is 24.2 Å². The highest BCUT2D eigenvalue weighted by atomic mass is 32.2. The van der Waals surface area contributed by atoms with Crippen molar-refractivity contribution < 1.29 is 9.18 Å². The maximum absolute atomic E-state index is 14.4. The second-order valence-electron chi connectivity index (χ2n) is 7.73. The number of piperidine rings is 1. The molecule has 1 aliphatic heterocycles. The lowest BCUT2D eigenvalue weighted by Crippen LogP contribution is -2.40. The zero-order valence-electron chi connectivity index (χ0n) is 17.0. The Kier molecular flexibility index (Phi) is 6.47. The molecular formula is C23H25FN4OS. The molecule has 1 saturated heterocycles. The van der Waals surface area contributed by atoms with Gasteiger partial charge < -0.3 is 4.90 Å². The van der Waals surface area contributed by atoms with Crippen LogP contribution in [0.1, 0.15) is 25.3 Å². The summed E-state index contributed by atoms with van der Waals surface area (Å²) in [5.41, 5.74) is 1.47. The van der Waals surface area contributed by atoms with Crippen molar-refractivity contribution in [1.82, 2.24) is 19.7 Å². The lowest BCUT2D eigenvalue weighted by molar-refractivity contribution is -0.130. The fraction of sp³-hybridized carbons (Fsp3) is 0.348. The average Bonchev–Trinajstić information content (AvgIpc) is 3.15. The van der Waals surface area contributed by atoms with Crippen molar-refractivity contribution in [2.75, 3.05) is 18.8 Å². The number of nitrogens with zero attached hydrogens (tertiary/aromatic N) is 4. The number of hydrogen-bond donors (Lipinski definition) is 0. The van der Waals surface area contributed by atoms with Gasteiger partial charge in [0.05, 0.1) is 17.9 Å². The van der Waals surface area contributed by atoms with Crippen molar-refractivity contribution in [2.24, 2.45) is 5.92 Å². The van der Waals surface area contributed by atoms with Gasteiger partial charge in [-0.2, -0.15) is 0 Å². The molecule has 0 bridgehead atoms. The Morgan fingerprint density at radius 3 is 2.67 bits per heavy atom. The number of halogens is 1. The van der Waals surface area contributed by atoms with Gasteiger partial charge in [-0.05, 0) is 36.5 Å². The summed E-state index contributed by atoms with van der Waals surface area (Å²) in [6, 6.07) is 16.5. The molecule has 156 valence electrons. The molecule has 1 aliphatic rings. The van der Waals surface area contributed by atoms with Crippen LogP contribution < -0.4 is 0 Å². The normalized spacial score (nSPS) is 16.6. The number of hydrogen-bond acceptors (Lipinski definition) is 4. The van der Waals surface area contributed by atoms with Gasteiger partial charge in [-0.1, -0.05) is 61.2 Å². The molecular weight excluding hydrogens is 399 g/mol. The number of aromatic nitrogens is 3. The largest absolute Gasteiger partial charge is 0.342 e. The summed E-state index contributed by atoms with van der Waals surface area (Å²) in [6.07, 6.45) is 2.23. The van der Waals surface area contributed by atoms with E-state index in [1.54, 1.807) is 18.2 Å². The molecule has 0 spiro atoms. The number of carbonyl (C=O) groups excluding carboxylic acids is 1. The molecule has 0 unspecified atom stereocenters. The van der Waals surface area contributed by atoms with Crippen LogP contribution in [0.5, 0.6) is 0 Å². The molecule has 3 aromatic rings. The van der Waals surface area contributed by atoms with E-state index in [1.807, 2.05) is 39.8 Å². The first kappa shape index (κ1) is 20.6. The monoisotopic (exact) mass is 424 g/mol. The van der Waals surface area contributed by atoms with Crippen LogP contribution in [-0.2, 0) is 11.3 Å². The van der Waals surface area contributed by atoms with Crippen LogP contribution in [0.25, 0.3) is 11.4 Å². The van der Waals surface area contributed by atoms with Crippen LogP contribution in [0, 0.1) is 11.7 Å². The Morgan fingerprint density at radius 1 is 1.13 bits per heavy atom. The Hall–Kier alpha value is -2.67. The average molecular weight is 425 g/mol. The van der Waals surface area contributed by atoms with Crippen LogP contribution in [0.3, 0.4) is 0 Å². The zero-order chi connectivity index (χ0) is 20.9. The summed E-state index contributed by atoms with van der Waals surface area (Å²) in [5, 5.41) is 9.19. The van der Waals surface area contributed by atoms with Gasteiger partial charge in [-0.3, -0.25) is 9.36 Å².